The first-order valence-electron chi connectivity index (χ1n) is 10.7. The van der Waals surface area contributed by atoms with Gasteiger partial charge in [-0.05, 0) is 36.6 Å². The number of phenolic OH excluding ortho intramolecular Hbond substituents is 1. The molecule has 5 nitrogen and oxygen atoms in total. The van der Waals surface area contributed by atoms with E-state index in [4.69, 9.17) is 14.2 Å². The summed E-state index contributed by atoms with van der Waals surface area (Å²) in [4.78, 5) is 2.46. The van der Waals surface area contributed by atoms with Crippen molar-refractivity contribution in [2.75, 3.05) is 26.8 Å². The highest BCUT2D eigenvalue weighted by Crippen LogP contribution is 2.55. The molecule has 1 spiro atoms. The number of aromatic hydroxyl groups is 1. The van der Waals surface area contributed by atoms with E-state index in [1.807, 2.05) is 24.3 Å². The van der Waals surface area contributed by atoms with Gasteiger partial charge < -0.3 is 19.3 Å². The van der Waals surface area contributed by atoms with Gasteiger partial charge in [0.05, 0.1) is 13.2 Å². The normalized spacial score (nSPS) is 25.7. The van der Waals surface area contributed by atoms with Crippen LogP contribution in [0.25, 0.3) is 0 Å². The van der Waals surface area contributed by atoms with Crippen molar-refractivity contribution in [3.63, 3.8) is 0 Å². The summed E-state index contributed by atoms with van der Waals surface area (Å²) in [5.74, 6) is 2.40. The Morgan fingerprint density at radius 3 is 2.79 bits per heavy atom. The molecular weight excluding hydrogens is 366 g/mol. The number of phenols is 1. The van der Waals surface area contributed by atoms with Crippen molar-refractivity contribution in [1.82, 2.24) is 4.90 Å². The fourth-order valence-electron chi connectivity index (χ4n) is 5.41. The molecule has 3 heterocycles. The minimum Gasteiger partial charge on any atom is -0.508 e. The Kier molecular flexibility index (Phi) is 4.88. The summed E-state index contributed by atoms with van der Waals surface area (Å²) in [6, 6.07) is 13.7. The van der Waals surface area contributed by atoms with Crippen molar-refractivity contribution in [3.05, 3.63) is 53.6 Å². The fraction of sp³-hybridized carbons (Fsp3) is 0.500. The minimum absolute atomic E-state index is 0.0974. The number of hydrogen-bond donors (Lipinski definition) is 1. The smallest absolute Gasteiger partial charge is 0.167 e. The van der Waals surface area contributed by atoms with Crippen molar-refractivity contribution in [1.29, 1.82) is 0 Å². The molecule has 0 aromatic heterocycles. The molecule has 1 N–H and O–H groups in total. The van der Waals surface area contributed by atoms with Crippen LogP contribution in [-0.4, -0.2) is 42.4 Å². The summed E-state index contributed by atoms with van der Waals surface area (Å²) in [7, 11) is 1.71. The second-order valence-electron chi connectivity index (χ2n) is 8.53. The van der Waals surface area contributed by atoms with Crippen LogP contribution in [0.4, 0.5) is 0 Å². The van der Waals surface area contributed by atoms with Gasteiger partial charge in [0.1, 0.15) is 11.4 Å². The fourth-order valence-corrected chi connectivity index (χ4v) is 5.41. The summed E-state index contributed by atoms with van der Waals surface area (Å²) in [5.41, 5.74) is 2.10. The quantitative estimate of drug-likeness (QED) is 0.840. The highest BCUT2D eigenvalue weighted by atomic mass is 16.5. The van der Waals surface area contributed by atoms with Gasteiger partial charge in [-0.25, -0.2) is 0 Å². The Morgan fingerprint density at radius 2 is 2.00 bits per heavy atom. The first-order chi connectivity index (χ1) is 14.2. The van der Waals surface area contributed by atoms with E-state index < -0.39 is 0 Å². The van der Waals surface area contributed by atoms with Crippen molar-refractivity contribution < 1.29 is 19.3 Å². The lowest BCUT2D eigenvalue weighted by molar-refractivity contribution is -0.150. The predicted octanol–water partition coefficient (Wildman–Crippen LogP) is 4.30. The maximum atomic E-state index is 9.75. The van der Waals surface area contributed by atoms with E-state index in [0.717, 1.165) is 74.6 Å². The van der Waals surface area contributed by atoms with Gasteiger partial charge in [-0.3, -0.25) is 4.90 Å². The molecule has 2 fully saturated rings. The lowest BCUT2D eigenvalue weighted by Crippen LogP contribution is -2.57. The average Bonchev–Trinajstić information content (AvgIpc) is 2.75. The van der Waals surface area contributed by atoms with E-state index >= 15 is 0 Å². The maximum Gasteiger partial charge on any atom is 0.167 e. The second kappa shape index (κ2) is 7.54. The summed E-state index contributed by atoms with van der Waals surface area (Å²) in [5, 5.41) is 9.75. The first kappa shape index (κ1) is 18.8. The van der Waals surface area contributed by atoms with Gasteiger partial charge in [0, 0.05) is 50.6 Å². The molecule has 5 rings (SSSR count). The summed E-state index contributed by atoms with van der Waals surface area (Å²) < 4.78 is 18.7. The van der Waals surface area contributed by atoms with E-state index in [0.29, 0.717) is 11.7 Å². The highest BCUT2D eigenvalue weighted by Gasteiger charge is 2.53. The third-order valence-corrected chi connectivity index (χ3v) is 6.86. The largest absolute Gasteiger partial charge is 0.508 e. The van der Waals surface area contributed by atoms with Crippen molar-refractivity contribution in [2.24, 2.45) is 5.92 Å². The van der Waals surface area contributed by atoms with Crippen LogP contribution in [0.1, 0.15) is 42.9 Å². The van der Waals surface area contributed by atoms with Crippen LogP contribution < -0.4 is 9.47 Å². The molecule has 0 aliphatic carbocycles. The molecule has 5 heteroatoms. The van der Waals surface area contributed by atoms with Crippen LogP contribution in [0.3, 0.4) is 0 Å². The molecule has 154 valence electrons. The monoisotopic (exact) mass is 395 g/mol. The number of likely N-dealkylation sites (tertiary alicyclic amines) is 1. The Hall–Kier alpha value is -2.24. The van der Waals surface area contributed by atoms with Crippen LogP contribution in [0.15, 0.2) is 42.5 Å². The number of methoxy groups -OCH3 is 1. The number of ether oxygens (including phenoxy) is 3. The first-order valence-corrected chi connectivity index (χ1v) is 10.7. The molecule has 0 bridgehead atoms. The molecule has 0 amide bonds. The number of hydrogen-bond acceptors (Lipinski definition) is 5. The van der Waals surface area contributed by atoms with E-state index in [-0.39, 0.29) is 11.7 Å². The standard InChI is InChI=1S/C24H29NO4/c1-27-21-9-3-7-19-22-20(8-4-14-28-22)24(29-23(19)21)10-12-25(13-11-24)16-17-5-2-6-18(26)15-17/h2-3,5-7,9,15,20,22,26H,4,8,10-14,16H2,1H3/t20-,22+/m0/s1. The molecule has 3 aliphatic rings. The predicted molar refractivity (Wildman–Crippen MR) is 110 cm³/mol. The van der Waals surface area contributed by atoms with E-state index in [1.165, 1.54) is 0 Å². The molecule has 2 saturated heterocycles. The molecular formula is C24H29NO4. The number of piperidine rings is 1. The molecule has 2 aromatic carbocycles. The Labute approximate surface area is 172 Å². The van der Waals surface area contributed by atoms with Crippen molar-refractivity contribution in [3.8, 4) is 17.2 Å². The van der Waals surface area contributed by atoms with Crippen molar-refractivity contribution >= 4 is 0 Å². The summed E-state index contributed by atoms with van der Waals surface area (Å²) >= 11 is 0. The summed E-state index contributed by atoms with van der Waals surface area (Å²) in [6.45, 7) is 3.62. The van der Waals surface area contributed by atoms with Crippen LogP contribution in [0, 0.1) is 5.92 Å². The minimum atomic E-state index is -0.192. The van der Waals surface area contributed by atoms with Gasteiger partial charge in [-0.15, -0.1) is 0 Å². The zero-order chi connectivity index (χ0) is 19.8. The zero-order valence-corrected chi connectivity index (χ0v) is 17.0. The maximum absolute atomic E-state index is 9.75. The topological polar surface area (TPSA) is 51.2 Å². The Morgan fingerprint density at radius 1 is 1.17 bits per heavy atom. The zero-order valence-electron chi connectivity index (χ0n) is 17.0. The van der Waals surface area contributed by atoms with E-state index in [1.54, 1.807) is 13.2 Å². The third kappa shape index (κ3) is 3.36. The molecule has 2 aromatic rings. The summed E-state index contributed by atoms with van der Waals surface area (Å²) in [6.07, 6.45) is 4.30. The molecule has 2 atom stereocenters. The lowest BCUT2D eigenvalue weighted by atomic mass is 9.70. The molecule has 0 radical (unpaired) electrons. The van der Waals surface area contributed by atoms with Crippen molar-refractivity contribution in [2.45, 2.75) is 43.9 Å². The number of benzene rings is 2. The number of nitrogens with zero attached hydrogens (tertiary/aromatic N) is 1. The van der Waals surface area contributed by atoms with Crippen LogP contribution in [0.2, 0.25) is 0 Å². The lowest BCUT2D eigenvalue weighted by Gasteiger charge is -2.53. The highest BCUT2D eigenvalue weighted by molar-refractivity contribution is 5.50. The number of fused-ring (bicyclic) bond motifs is 4. The Bertz CT molecular complexity index is 875. The van der Waals surface area contributed by atoms with Gasteiger partial charge in [-0.1, -0.05) is 24.3 Å². The Balaban J connectivity index is 1.39. The van der Waals surface area contributed by atoms with Gasteiger partial charge in [-0.2, -0.15) is 0 Å². The van der Waals surface area contributed by atoms with Gasteiger partial charge in [0.2, 0.25) is 0 Å². The third-order valence-electron chi connectivity index (χ3n) is 6.86. The van der Waals surface area contributed by atoms with E-state index in [2.05, 4.69) is 17.0 Å². The molecule has 3 aliphatic heterocycles. The van der Waals surface area contributed by atoms with Crippen LogP contribution in [-0.2, 0) is 11.3 Å². The van der Waals surface area contributed by atoms with Crippen LogP contribution >= 0.6 is 0 Å². The average molecular weight is 395 g/mol. The van der Waals surface area contributed by atoms with Gasteiger partial charge in [0.15, 0.2) is 11.5 Å². The second-order valence-corrected chi connectivity index (χ2v) is 8.53. The van der Waals surface area contributed by atoms with Gasteiger partial charge >= 0.3 is 0 Å². The molecule has 0 unspecified atom stereocenters. The van der Waals surface area contributed by atoms with Gasteiger partial charge in [0.25, 0.3) is 0 Å². The SMILES string of the molecule is COc1cccc2c1OC1(CCN(Cc3cccc(O)c3)CC1)[C@H]1CCCO[C@H]21. The van der Waals surface area contributed by atoms with E-state index in [9.17, 15) is 5.11 Å². The number of rotatable bonds is 3. The molecule has 29 heavy (non-hydrogen) atoms. The molecule has 0 saturated carbocycles. The van der Waals surface area contributed by atoms with Crippen LogP contribution in [0.5, 0.6) is 17.2 Å². The number of para-hydroxylation sites is 1.